The van der Waals surface area contributed by atoms with Crippen molar-refractivity contribution in [2.75, 3.05) is 19.8 Å². The van der Waals surface area contributed by atoms with Crippen LogP contribution in [0.15, 0.2) is 36.4 Å². The van der Waals surface area contributed by atoms with E-state index in [1.165, 1.54) is 6.07 Å². The maximum absolute atomic E-state index is 12.8. The van der Waals surface area contributed by atoms with Gasteiger partial charge in [-0.2, -0.15) is 0 Å². The normalized spacial score (nSPS) is 11.6. The summed E-state index contributed by atoms with van der Waals surface area (Å²) in [6, 6.07) is 9.47. The second-order valence-electron chi connectivity index (χ2n) is 6.71. The van der Waals surface area contributed by atoms with Crippen LogP contribution < -0.4 is 15.8 Å². The predicted molar refractivity (Wildman–Crippen MR) is 120 cm³/mol. The van der Waals surface area contributed by atoms with Crippen molar-refractivity contribution in [2.24, 2.45) is 5.73 Å². The Bertz CT molecular complexity index is 893. The maximum Gasteiger partial charge on any atom is 0.328 e. The van der Waals surface area contributed by atoms with Crippen molar-refractivity contribution in [1.29, 1.82) is 0 Å². The molecular weight excluding hydrogens is 443 g/mol. The van der Waals surface area contributed by atoms with Crippen molar-refractivity contribution in [2.45, 2.75) is 32.2 Å². The highest BCUT2D eigenvalue weighted by Crippen LogP contribution is 2.42. The van der Waals surface area contributed by atoms with Crippen molar-refractivity contribution in [3.05, 3.63) is 57.6 Å². The second kappa shape index (κ2) is 12.4. The summed E-state index contributed by atoms with van der Waals surface area (Å²) < 4.78 is 10.6. The number of hydrogen-bond donors (Lipinski definition) is 3. The molecule has 0 aromatic heterocycles. The zero-order chi connectivity index (χ0) is 22.8. The number of phenolic OH excluding ortho intramolecular Hbond substituents is 1. The minimum Gasteiger partial charge on any atom is -0.505 e. The highest BCUT2D eigenvalue weighted by Gasteiger charge is 2.27. The number of hydrogen-bond acceptors (Lipinski definition) is 6. The molecule has 0 aliphatic carbocycles. The summed E-state index contributed by atoms with van der Waals surface area (Å²) in [7, 11) is 0. The molecule has 1 amide bonds. The van der Waals surface area contributed by atoms with Gasteiger partial charge >= 0.3 is 5.97 Å². The van der Waals surface area contributed by atoms with E-state index in [0.29, 0.717) is 19.6 Å². The number of aromatic hydroxyl groups is 1. The van der Waals surface area contributed by atoms with Crippen LogP contribution in [0.4, 0.5) is 0 Å². The Kier molecular flexibility index (Phi) is 9.91. The minimum atomic E-state index is -0.959. The number of nitrogens with two attached hydrogens (primary N) is 1. The van der Waals surface area contributed by atoms with Gasteiger partial charge in [0.05, 0.1) is 23.8 Å². The standard InChI is InChI=1S/C22H26Cl2N2O5/c1-2-30-22(29)17(12-14-8-4-3-5-9-14)26-21(28)15-13-16(23)20(18(24)19(15)27)31-11-7-6-10-25/h3-5,8-9,13,17,27H,2,6-7,10-12,25H2,1H3,(H,26,28)/t17-/m0/s1. The van der Waals surface area contributed by atoms with Crippen LogP contribution >= 0.6 is 23.2 Å². The quantitative estimate of drug-likeness (QED) is 0.342. The molecule has 7 nitrogen and oxygen atoms in total. The number of ether oxygens (including phenoxy) is 2. The van der Waals surface area contributed by atoms with Gasteiger partial charge < -0.3 is 25.6 Å². The van der Waals surface area contributed by atoms with Gasteiger partial charge in [0.1, 0.15) is 11.1 Å². The third kappa shape index (κ3) is 7.02. The molecule has 0 fully saturated rings. The van der Waals surface area contributed by atoms with Crippen molar-refractivity contribution in [3.63, 3.8) is 0 Å². The van der Waals surface area contributed by atoms with Gasteiger partial charge in [-0.15, -0.1) is 0 Å². The molecule has 0 bridgehead atoms. The fourth-order valence-corrected chi connectivity index (χ4v) is 3.40. The van der Waals surface area contributed by atoms with Crippen molar-refractivity contribution >= 4 is 35.1 Å². The van der Waals surface area contributed by atoms with Gasteiger partial charge in [0.15, 0.2) is 11.5 Å². The Morgan fingerprint density at radius 2 is 1.90 bits per heavy atom. The van der Waals surface area contributed by atoms with Crippen LogP contribution in [0.3, 0.4) is 0 Å². The van der Waals surface area contributed by atoms with Crippen molar-refractivity contribution < 1.29 is 24.2 Å². The van der Waals surface area contributed by atoms with Crippen LogP contribution in [0.25, 0.3) is 0 Å². The van der Waals surface area contributed by atoms with E-state index in [0.717, 1.165) is 12.0 Å². The molecule has 0 aliphatic rings. The molecule has 168 valence electrons. The fourth-order valence-electron chi connectivity index (χ4n) is 2.84. The van der Waals surface area contributed by atoms with Gasteiger partial charge in [0.2, 0.25) is 0 Å². The number of esters is 1. The molecule has 0 unspecified atom stereocenters. The number of phenols is 1. The topological polar surface area (TPSA) is 111 Å². The molecule has 9 heteroatoms. The van der Waals surface area contributed by atoms with E-state index < -0.39 is 23.7 Å². The molecule has 0 aliphatic heterocycles. The van der Waals surface area contributed by atoms with E-state index in [1.807, 2.05) is 30.3 Å². The lowest BCUT2D eigenvalue weighted by Gasteiger charge is -2.19. The van der Waals surface area contributed by atoms with Crippen LogP contribution in [0, 0.1) is 0 Å². The summed E-state index contributed by atoms with van der Waals surface area (Å²) in [5.41, 5.74) is 6.11. The Labute approximate surface area is 191 Å². The number of amides is 1. The number of benzene rings is 2. The molecule has 2 rings (SSSR count). The highest BCUT2D eigenvalue weighted by atomic mass is 35.5. The number of rotatable bonds is 11. The van der Waals surface area contributed by atoms with Gasteiger partial charge in [-0.25, -0.2) is 4.79 Å². The number of unbranched alkanes of at least 4 members (excludes halogenated alkanes) is 1. The van der Waals surface area contributed by atoms with E-state index in [1.54, 1.807) is 6.92 Å². The van der Waals surface area contributed by atoms with Gasteiger partial charge in [-0.05, 0) is 37.9 Å². The minimum absolute atomic E-state index is 0.0662. The van der Waals surface area contributed by atoms with Gasteiger partial charge in [0, 0.05) is 6.42 Å². The fraction of sp³-hybridized carbons (Fsp3) is 0.364. The van der Waals surface area contributed by atoms with Gasteiger partial charge in [-0.3, -0.25) is 4.79 Å². The molecule has 0 heterocycles. The Morgan fingerprint density at radius 3 is 2.55 bits per heavy atom. The van der Waals surface area contributed by atoms with E-state index >= 15 is 0 Å². The molecule has 31 heavy (non-hydrogen) atoms. The zero-order valence-electron chi connectivity index (χ0n) is 17.2. The molecule has 0 radical (unpaired) electrons. The monoisotopic (exact) mass is 468 g/mol. The second-order valence-corrected chi connectivity index (χ2v) is 7.49. The largest absolute Gasteiger partial charge is 0.505 e. The lowest BCUT2D eigenvalue weighted by atomic mass is 10.1. The molecular formula is C22H26Cl2N2O5. The van der Waals surface area contributed by atoms with Crippen LogP contribution in [-0.4, -0.2) is 42.8 Å². The van der Waals surface area contributed by atoms with Gasteiger partial charge in [0.25, 0.3) is 5.91 Å². The number of carbonyl (C=O) groups is 2. The molecule has 1 atom stereocenters. The molecule has 2 aromatic carbocycles. The van der Waals surface area contributed by atoms with E-state index in [9.17, 15) is 14.7 Å². The summed E-state index contributed by atoms with van der Waals surface area (Å²) in [6.45, 7) is 2.68. The first kappa shape index (κ1) is 24.8. The summed E-state index contributed by atoms with van der Waals surface area (Å²) >= 11 is 12.4. The van der Waals surface area contributed by atoms with E-state index in [4.69, 9.17) is 38.4 Å². The molecule has 0 saturated carbocycles. The Hall–Kier alpha value is -2.48. The lowest BCUT2D eigenvalue weighted by Crippen LogP contribution is -2.43. The number of carbonyl (C=O) groups excluding carboxylic acids is 2. The summed E-state index contributed by atoms with van der Waals surface area (Å²) in [5.74, 6) is -1.71. The Balaban J connectivity index is 2.21. The predicted octanol–water partition coefficient (Wildman–Crippen LogP) is 3.72. The zero-order valence-corrected chi connectivity index (χ0v) is 18.7. The van der Waals surface area contributed by atoms with Crippen LogP contribution in [0.2, 0.25) is 10.0 Å². The van der Waals surface area contributed by atoms with Gasteiger partial charge in [-0.1, -0.05) is 53.5 Å². The first-order valence-corrected chi connectivity index (χ1v) is 10.7. The van der Waals surface area contributed by atoms with Crippen LogP contribution in [-0.2, 0) is 16.0 Å². The summed E-state index contributed by atoms with van der Waals surface area (Å²) in [4.78, 5) is 25.2. The van der Waals surface area contributed by atoms with Crippen molar-refractivity contribution in [3.8, 4) is 11.5 Å². The average molecular weight is 469 g/mol. The maximum atomic E-state index is 12.8. The third-order valence-electron chi connectivity index (χ3n) is 4.40. The lowest BCUT2D eigenvalue weighted by molar-refractivity contribution is -0.145. The average Bonchev–Trinajstić information content (AvgIpc) is 2.76. The smallest absolute Gasteiger partial charge is 0.328 e. The van der Waals surface area contributed by atoms with Crippen molar-refractivity contribution in [1.82, 2.24) is 5.32 Å². The summed E-state index contributed by atoms with van der Waals surface area (Å²) in [6.07, 6.45) is 1.67. The van der Waals surface area contributed by atoms with E-state index in [2.05, 4.69) is 5.32 Å². The first-order valence-electron chi connectivity index (χ1n) is 9.94. The molecule has 0 spiro atoms. The molecule has 4 N–H and O–H groups in total. The molecule has 0 saturated heterocycles. The Morgan fingerprint density at radius 1 is 1.19 bits per heavy atom. The third-order valence-corrected chi connectivity index (χ3v) is 5.03. The van der Waals surface area contributed by atoms with Crippen LogP contribution in [0.5, 0.6) is 11.5 Å². The number of nitrogens with one attached hydrogen (secondary N) is 1. The van der Waals surface area contributed by atoms with E-state index in [-0.39, 0.29) is 34.4 Å². The summed E-state index contributed by atoms with van der Waals surface area (Å²) in [5, 5.41) is 12.9. The highest BCUT2D eigenvalue weighted by molar-refractivity contribution is 6.39. The van der Waals surface area contributed by atoms with Crippen LogP contribution in [0.1, 0.15) is 35.7 Å². The first-order chi connectivity index (χ1) is 14.9. The number of halogens is 2. The SMILES string of the molecule is CCOC(=O)[C@H](Cc1ccccc1)NC(=O)c1cc(Cl)c(OCCCCN)c(Cl)c1O. The molecule has 2 aromatic rings.